The molecule has 2 aromatic heterocycles. The van der Waals surface area contributed by atoms with Gasteiger partial charge >= 0.3 is 0 Å². The number of hydrogen-bond acceptors (Lipinski definition) is 3. The maximum absolute atomic E-state index is 14.2. The molecule has 154 valence electrons. The van der Waals surface area contributed by atoms with Crippen molar-refractivity contribution in [3.63, 3.8) is 0 Å². The number of allylic oxidation sites excluding steroid dienone is 1. The van der Waals surface area contributed by atoms with Gasteiger partial charge in [0.15, 0.2) is 9.84 Å². The van der Waals surface area contributed by atoms with Crippen molar-refractivity contribution in [3.05, 3.63) is 70.8 Å². The van der Waals surface area contributed by atoms with Crippen LogP contribution in [-0.4, -0.2) is 30.8 Å². The lowest BCUT2D eigenvalue weighted by atomic mass is 10.0. The first-order valence-corrected chi connectivity index (χ1v) is 11.5. The Morgan fingerprint density at radius 1 is 1.14 bits per heavy atom. The van der Waals surface area contributed by atoms with Gasteiger partial charge in [0.2, 0.25) is 0 Å². The van der Waals surface area contributed by atoms with Crippen molar-refractivity contribution in [2.24, 2.45) is 0 Å². The van der Waals surface area contributed by atoms with Gasteiger partial charge in [-0.25, -0.2) is 12.8 Å². The highest BCUT2D eigenvalue weighted by atomic mass is 32.2. The molecule has 7 heteroatoms. The third-order valence-corrected chi connectivity index (χ3v) is 6.25. The lowest BCUT2D eigenvalue weighted by molar-refractivity contribution is -0.353. The van der Waals surface area contributed by atoms with Gasteiger partial charge in [0.1, 0.15) is 5.83 Å². The molecule has 0 unspecified atom stereocenters. The van der Waals surface area contributed by atoms with Crippen LogP contribution in [-0.2, 0) is 29.2 Å². The summed E-state index contributed by atoms with van der Waals surface area (Å²) in [5, 5.41) is 0. The monoisotopic (exact) mass is 416 g/mol. The molecule has 0 bridgehead atoms. The Labute approximate surface area is 171 Å². The number of hydrogen-bond donors (Lipinski definition) is 1. The van der Waals surface area contributed by atoms with Crippen LogP contribution in [0.3, 0.4) is 0 Å². The molecule has 2 heterocycles. The lowest BCUT2D eigenvalue weighted by Gasteiger charge is -2.07. The first-order chi connectivity index (χ1) is 13.7. The van der Waals surface area contributed by atoms with E-state index in [1.165, 1.54) is 12.3 Å². The fraction of sp³-hybridized carbons (Fsp3) is 0.318. The molecule has 5 nitrogen and oxygen atoms in total. The number of rotatable bonds is 7. The molecule has 1 aromatic carbocycles. The standard InChI is InChI=1S/C22H26FN3O2S/c1-15-4-11-21-22(25-15)20(16(2)26(21)14-18(23)12-13-24)10-7-17-5-8-19(9-6-17)29(3,27)28/h4-6,8-9,11-12H,7,10,13-14,24H2,1-3H3/p+1. The Morgan fingerprint density at radius 3 is 2.45 bits per heavy atom. The summed E-state index contributed by atoms with van der Waals surface area (Å²) in [7, 11) is -3.20. The molecule has 0 aliphatic heterocycles. The van der Waals surface area contributed by atoms with E-state index in [-0.39, 0.29) is 12.4 Å². The predicted molar refractivity (Wildman–Crippen MR) is 113 cm³/mol. The number of fused-ring (bicyclic) bond motifs is 1. The molecule has 0 atom stereocenters. The Balaban J connectivity index is 1.93. The zero-order valence-electron chi connectivity index (χ0n) is 17.1. The fourth-order valence-corrected chi connectivity index (χ4v) is 4.18. The Morgan fingerprint density at radius 2 is 1.83 bits per heavy atom. The summed E-state index contributed by atoms with van der Waals surface area (Å²) in [6.45, 7) is 4.53. The average molecular weight is 417 g/mol. The van der Waals surface area contributed by atoms with Crippen LogP contribution in [0, 0.1) is 13.8 Å². The van der Waals surface area contributed by atoms with Crippen LogP contribution in [0.15, 0.2) is 53.2 Å². The fourth-order valence-electron chi connectivity index (χ4n) is 3.55. The van der Waals surface area contributed by atoms with E-state index in [1.54, 1.807) is 12.1 Å². The smallest absolute Gasteiger partial charge is 0.175 e. The molecule has 3 rings (SSSR count). The van der Waals surface area contributed by atoms with E-state index in [2.05, 4.69) is 5.73 Å². The molecular formula is C22H27FN3O2S+. The predicted octanol–water partition coefficient (Wildman–Crippen LogP) is 2.94. The highest BCUT2D eigenvalue weighted by Gasteiger charge is 2.17. The quantitative estimate of drug-likeness (QED) is 0.643. The van der Waals surface area contributed by atoms with E-state index in [9.17, 15) is 12.8 Å². The zero-order chi connectivity index (χ0) is 21.2. The van der Waals surface area contributed by atoms with Crippen LogP contribution in [0.5, 0.6) is 0 Å². The molecule has 0 amide bonds. The molecule has 0 spiro atoms. The van der Waals surface area contributed by atoms with Gasteiger partial charge in [-0.15, -0.1) is 0 Å². The van der Waals surface area contributed by atoms with Gasteiger partial charge in [0.05, 0.1) is 29.0 Å². The summed E-state index contributed by atoms with van der Waals surface area (Å²) in [6, 6.07) is 10.9. The van der Waals surface area contributed by atoms with Crippen LogP contribution in [0.1, 0.15) is 22.5 Å². The molecule has 0 aliphatic carbocycles. The summed E-state index contributed by atoms with van der Waals surface area (Å²) >= 11 is 0. The number of benzene rings is 1. The zero-order valence-corrected chi connectivity index (χ0v) is 17.9. The third-order valence-electron chi connectivity index (χ3n) is 5.12. The highest BCUT2D eigenvalue weighted by molar-refractivity contribution is 7.90. The van der Waals surface area contributed by atoms with Crippen LogP contribution in [0.25, 0.3) is 11.0 Å². The number of quaternary nitrogens is 1. The first kappa shape index (κ1) is 21.2. The van der Waals surface area contributed by atoms with Crippen LogP contribution < -0.4 is 5.73 Å². The molecule has 29 heavy (non-hydrogen) atoms. The van der Waals surface area contributed by atoms with Gasteiger partial charge in [-0.2, -0.15) is 0 Å². The maximum atomic E-state index is 14.2. The largest absolute Gasteiger partial charge is 0.354 e. The van der Waals surface area contributed by atoms with E-state index in [0.717, 1.165) is 46.4 Å². The van der Waals surface area contributed by atoms with Crippen molar-refractivity contribution in [1.82, 2.24) is 9.55 Å². The minimum absolute atomic E-state index is 0.172. The third kappa shape index (κ3) is 4.74. The van der Waals surface area contributed by atoms with Crippen molar-refractivity contribution in [2.75, 3.05) is 12.8 Å². The summed E-state index contributed by atoms with van der Waals surface area (Å²) in [5.41, 5.74) is 9.56. The Hall–Kier alpha value is -2.51. The van der Waals surface area contributed by atoms with Gasteiger partial charge in [-0.05, 0) is 62.1 Å². The van der Waals surface area contributed by atoms with Gasteiger partial charge < -0.3 is 10.3 Å². The van der Waals surface area contributed by atoms with Crippen molar-refractivity contribution >= 4 is 20.9 Å². The van der Waals surface area contributed by atoms with Crippen molar-refractivity contribution in [1.29, 1.82) is 0 Å². The van der Waals surface area contributed by atoms with Gasteiger partial charge in [0, 0.05) is 23.7 Å². The number of aryl methyl sites for hydroxylation is 3. The van der Waals surface area contributed by atoms with E-state index in [1.807, 2.05) is 42.7 Å². The molecule has 3 N–H and O–H groups in total. The first-order valence-electron chi connectivity index (χ1n) is 9.58. The minimum atomic E-state index is -3.20. The number of aromatic nitrogens is 2. The summed E-state index contributed by atoms with van der Waals surface area (Å²) in [4.78, 5) is 5.03. The van der Waals surface area contributed by atoms with Crippen LogP contribution >= 0.6 is 0 Å². The molecule has 0 saturated carbocycles. The summed E-state index contributed by atoms with van der Waals surface area (Å²) in [5.74, 6) is -0.205. The van der Waals surface area contributed by atoms with Crippen LogP contribution in [0.2, 0.25) is 0 Å². The normalized spacial score (nSPS) is 12.7. The van der Waals surface area contributed by atoms with E-state index < -0.39 is 9.84 Å². The Bertz CT molecular complexity index is 1160. The topological polar surface area (TPSA) is 79.6 Å². The second-order valence-corrected chi connectivity index (χ2v) is 9.34. The molecule has 0 fully saturated rings. The van der Waals surface area contributed by atoms with E-state index in [4.69, 9.17) is 4.98 Å². The molecule has 0 aliphatic rings. The second-order valence-electron chi connectivity index (χ2n) is 7.33. The minimum Gasteiger partial charge on any atom is -0.354 e. The van der Waals surface area contributed by atoms with Gasteiger partial charge in [-0.1, -0.05) is 12.1 Å². The number of sulfone groups is 1. The van der Waals surface area contributed by atoms with E-state index >= 15 is 0 Å². The Kier molecular flexibility index (Phi) is 6.19. The second kappa shape index (κ2) is 8.47. The molecule has 0 saturated heterocycles. The lowest BCUT2D eigenvalue weighted by Crippen LogP contribution is -2.49. The summed E-state index contributed by atoms with van der Waals surface area (Å²) < 4.78 is 39.4. The van der Waals surface area contributed by atoms with Crippen molar-refractivity contribution in [3.8, 4) is 0 Å². The van der Waals surface area contributed by atoms with Crippen molar-refractivity contribution in [2.45, 2.75) is 38.1 Å². The molecule has 3 aromatic rings. The number of pyridine rings is 1. The van der Waals surface area contributed by atoms with Gasteiger partial charge in [0.25, 0.3) is 0 Å². The van der Waals surface area contributed by atoms with E-state index in [0.29, 0.717) is 11.4 Å². The maximum Gasteiger partial charge on any atom is 0.175 e. The SMILES string of the molecule is Cc1ccc2c(n1)c(CCc1ccc(S(C)(=O)=O)cc1)c(C)n2CC(F)=CC[NH3+]. The highest BCUT2D eigenvalue weighted by Crippen LogP contribution is 2.27. The number of nitrogens with zero attached hydrogens (tertiary/aromatic N) is 2. The van der Waals surface area contributed by atoms with Crippen molar-refractivity contribution < 1.29 is 18.5 Å². The molecule has 0 radical (unpaired) electrons. The van der Waals surface area contributed by atoms with Crippen LogP contribution in [0.4, 0.5) is 4.39 Å². The van der Waals surface area contributed by atoms with Gasteiger partial charge in [-0.3, -0.25) is 4.98 Å². The number of halogens is 1. The molecular weight excluding hydrogens is 389 g/mol. The summed E-state index contributed by atoms with van der Waals surface area (Å²) in [6.07, 6.45) is 4.19. The average Bonchev–Trinajstić information content (AvgIpc) is 2.90.